The second-order valence-electron chi connectivity index (χ2n) is 5.36. The van der Waals surface area contributed by atoms with Crippen molar-refractivity contribution in [2.45, 2.75) is 51.3 Å². The van der Waals surface area contributed by atoms with Crippen molar-refractivity contribution < 1.29 is 4.74 Å². The topological polar surface area (TPSA) is 24.5 Å². The zero-order valence-corrected chi connectivity index (χ0v) is 10.9. The van der Waals surface area contributed by atoms with E-state index in [0.717, 1.165) is 13.2 Å². The van der Waals surface area contributed by atoms with Crippen LogP contribution in [0.2, 0.25) is 0 Å². The number of nitrogens with zero attached hydrogens (tertiary/aromatic N) is 1. The zero-order chi connectivity index (χ0) is 11.5. The third kappa shape index (κ3) is 2.41. The quantitative estimate of drug-likeness (QED) is 0.786. The van der Waals surface area contributed by atoms with Crippen molar-refractivity contribution in [1.29, 1.82) is 0 Å². The number of hydrogen-bond acceptors (Lipinski definition) is 3. The van der Waals surface area contributed by atoms with E-state index in [2.05, 4.69) is 31.1 Å². The molecule has 0 aliphatic carbocycles. The normalized spacial score (nSPS) is 34.7. The summed E-state index contributed by atoms with van der Waals surface area (Å²) in [5.74, 6) is 0.689. The van der Waals surface area contributed by atoms with E-state index < -0.39 is 0 Å². The second kappa shape index (κ2) is 5.48. The third-order valence-electron chi connectivity index (χ3n) is 4.41. The van der Waals surface area contributed by atoms with Crippen molar-refractivity contribution >= 4 is 0 Å². The molecule has 2 fully saturated rings. The van der Waals surface area contributed by atoms with Crippen molar-refractivity contribution in [1.82, 2.24) is 10.2 Å². The number of likely N-dealkylation sites (N-methyl/N-ethyl adjacent to an activating group) is 1. The fraction of sp³-hybridized carbons (Fsp3) is 1.00. The van der Waals surface area contributed by atoms with Crippen LogP contribution in [0.15, 0.2) is 0 Å². The molecular weight excluding hydrogens is 200 g/mol. The van der Waals surface area contributed by atoms with Crippen LogP contribution in [0.5, 0.6) is 0 Å². The Morgan fingerprint density at radius 2 is 2.31 bits per heavy atom. The highest BCUT2D eigenvalue weighted by atomic mass is 16.5. The van der Waals surface area contributed by atoms with Crippen LogP contribution >= 0.6 is 0 Å². The molecule has 0 spiro atoms. The van der Waals surface area contributed by atoms with Crippen LogP contribution in [0.1, 0.15) is 33.1 Å². The maximum absolute atomic E-state index is 6.06. The fourth-order valence-electron chi connectivity index (χ4n) is 3.15. The van der Waals surface area contributed by atoms with Gasteiger partial charge < -0.3 is 10.1 Å². The molecule has 2 heterocycles. The molecule has 3 heteroatoms. The Morgan fingerprint density at radius 1 is 1.50 bits per heavy atom. The monoisotopic (exact) mass is 226 g/mol. The summed E-state index contributed by atoms with van der Waals surface area (Å²) in [4.78, 5) is 2.63. The molecule has 2 aliphatic rings. The van der Waals surface area contributed by atoms with E-state index in [1.54, 1.807) is 0 Å². The standard InChI is InChI=1S/C13H26N2O/c1-4-10(2)13(14-3)12-8-15-7-5-6-11(15)9-16-12/h10-14H,4-9H2,1-3H3. The summed E-state index contributed by atoms with van der Waals surface area (Å²) in [5, 5.41) is 3.45. The van der Waals surface area contributed by atoms with Gasteiger partial charge in [0.1, 0.15) is 0 Å². The SMILES string of the molecule is CCC(C)C(NC)C1CN2CCCC2CO1. The molecule has 16 heavy (non-hydrogen) atoms. The van der Waals surface area contributed by atoms with E-state index in [1.165, 1.54) is 25.8 Å². The van der Waals surface area contributed by atoms with Gasteiger partial charge in [0, 0.05) is 18.6 Å². The molecule has 0 bridgehead atoms. The summed E-state index contributed by atoms with van der Waals surface area (Å²) >= 11 is 0. The summed E-state index contributed by atoms with van der Waals surface area (Å²) in [6.07, 6.45) is 4.29. The van der Waals surface area contributed by atoms with Crippen LogP contribution in [-0.2, 0) is 4.74 Å². The smallest absolute Gasteiger partial charge is 0.0858 e. The molecule has 2 aliphatic heterocycles. The molecule has 0 aromatic heterocycles. The van der Waals surface area contributed by atoms with Gasteiger partial charge in [0.15, 0.2) is 0 Å². The van der Waals surface area contributed by atoms with Gasteiger partial charge in [-0.1, -0.05) is 20.3 Å². The lowest BCUT2D eigenvalue weighted by atomic mass is 9.93. The first-order valence-corrected chi connectivity index (χ1v) is 6.79. The van der Waals surface area contributed by atoms with Gasteiger partial charge >= 0.3 is 0 Å². The lowest BCUT2D eigenvalue weighted by Crippen LogP contribution is -2.55. The van der Waals surface area contributed by atoms with Crippen LogP contribution in [-0.4, -0.2) is 49.8 Å². The maximum Gasteiger partial charge on any atom is 0.0858 e. The molecule has 2 saturated heterocycles. The number of hydrogen-bond donors (Lipinski definition) is 1. The fourth-order valence-corrected chi connectivity index (χ4v) is 3.15. The molecule has 3 nitrogen and oxygen atoms in total. The van der Waals surface area contributed by atoms with Crippen LogP contribution in [0.25, 0.3) is 0 Å². The van der Waals surface area contributed by atoms with Gasteiger partial charge in [-0.25, -0.2) is 0 Å². The number of rotatable bonds is 4. The van der Waals surface area contributed by atoms with E-state index in [9.17, 15) is 0 Å². The Bertz CT molecular complexity index is 222. The molecule has 0 aromatic carbocycles. The predicted molar refractivity (Wildman–Crippen MR) is 66.6 cm³/mol. The first kappa shape index (κ1) is 12.3. The van der Waals surface area contributed by atoms with Crippen LogP contribution < -0.4 is 5.32 Å². The molecule has 1 N–H and O–H groups in total. The minimum absolute atomic E-state index is 0.384. The molecule has 4 unspecified atom stereocenters. The molecule has 0 saturated carbocycles. The van der Waals surface area contributed by atoms with Crippen molar-refractivity contribution in [3.8, 4) is 0 Å². The van der Waals surface area contributed by atoms with Crippen molar-refractivity contribution in [2.75, 3.05) is 26.7 Å². The summed E-state index contributed by atoms with van der Waals surface area (Å²) in [6, 6.07) is 1.22. The number of nitrogens with one attached hydrogen (secondary N) is 1. The average molecular weight is 226 g/mol. The first-order valence-electron chi connectivity index (χ1n) is 6.79. The van der Waals surface area contributed by atoms with Crippen molar-refractivity contribution in [2.24, 2.45) is 5.92 Å². The van der Waals surface area contributed by atoms with Crippen LogP contribution in [0.3, 0.4) is 0 Å². The highest BCUT2D eigenvalue weighted by molar-refractivity contribution is 4.91. The third-order valence-corrected chi connectivity index (χ3v) is 4.41. The first-order chi connectivity index (χ1) is 7.76. The molecule has 94 valence electrons. The van der Waals surface area contributed by atoms with Crippen LogP contribution in [0.4, 0.5) is 0 Å². The van der Waals surface area contributed by atoms with E-state index in [1.807, 2.05) is 0 Å². The molecular formula is C13H26N2O. The largest absolute Gasteiger partial charge is 0.374 e. The number of ether oxygens (including phenoxy) is 1. The molecule has 0 aromatic rings. The maximum atomic E-state index is 6.06. The van der Waals surface area contributed by atoms with E-state index >= 15 is 0 Å². The van der Waals surface area contributed by atoms with E-state index in [4.69, 9.17) is 4.74 Å². The zero-order valence-electron chi connectivity index (χ0n) is 10.9. The van der Waals surface area contributed by atoms with Crippen molar-refractivity contribution in [3.63, 3.8) is 0 Å². The highest BCUT2D eigenvalue weighted by Crippen LogP contribution is 2.25. The lowest BCUT2D eigenvalue weighted by molar-refractivity contribution is -0.0713. The number of fused-ring (bicyclic) bond motifs is 1. The van der Waals surface area contributed by atoms with Gasteiger partial charge in [-0.15, -0.1) is 0 Å². The molecule has 0 radical (unpaired) electrons. The number of morpholine rings is 1. The molecule has 4 atom stereocenters. The predicted octanol–water partition coefficient (Wildman–Crippen LogP) is 1.48. The Hall–Kier alpha value is -0.120. The van der Waals surface area contributed by atoms with Gasteiger partial charge in [0.2, 0.25) is 0 Å². The minimum Gasteiger partial charge on any atom is -0.374 e. The summed E-state index contributed by atoms with van der Waals surface area (Å²) in [6.45, 7) is 7.93. The Labute approximate surface area is 99.5 Å². The van der Waals surface area contributed by atoms with Crippen molar-refractivity contribution in [3.05, 3.63) is 0 Å². The van der Waals surface area contributed by atoms with E-state index in [-0.39, 0.29) is 0 Å². The summed E-state index contributed by atoms with van der Waals surface area (Å²) < 4.78 is 6.06. The van der Waals surface area contributed by atoms with Gasteiger partial charge in [0.25, 0.3) is 0 Å². The van der Waals surface area contributed by atoms with Gasteiger partial charge in [-0.3, -0.25) is 4.90 Å². The van der Waals surface area contributed by atoms with Crippen LogP contribution in [0, 0.1) is 5.92 Å². The molecule has 2 rings (SSSR count). The Balaban J connectivity index is 1.93. The minimum atomic E-state index is 0.384. The Morgan fingerprint density at radius 3 is 3.00 bits per heavy atom. The van der Waals surface area contributed by atoms with Gasteiger partial charge in [-0.05, 0) is 32.4 Å². The molecule has 0 amide bonds. The summed E-state index contributed by atoms with van der Waals surface area (Å²) in [5.41, 5.74) is 0. The Kier molecular flexibility index (Phi) is 4.22. The average Bonchev–Trinajstić information content (AvgIpc) is 2.77. The second-order valence-corrected chi connectivity index (χ2v) is 5.36. The van der Waals surface area contributed by atoms with E-state index in [0.29, 0.717) is 24.1 Å². The lowest BCUT2D eigenvalue weighted by Gasteiger charge is -2.40. The highest BCUT2D eigenvalue weighted by Gasteiger charge is 2.36. The van der Waals surface area contributed by atoms with Gasteiger partial charge in [-0.2, -0.15) is 0 Å². The summed E-state index contributed by atoms with van der Waals surface area (Å²) in [7, 11) is 2.07. The van der Waals surface area contributed by atoms with Gasteiger partial charge in [0.05, 0.1) is 12.7 Å².